The van der Waals surface area contributed by atoms with Gasteiger partial charge in [0.05, 0.1) is 5.69 Å². The van der Waals surface area contributed by atoms with Gasteiger partial charge in [0.1, 0.15) is 0 Å². The van der Waals surface area contributed by atoms with Crippen molar-refractivity contribution in [2.24, 2.45) is 5.73 Å². The van der Waals surface area contributed by atoms with E-state index in [0.717, 1.165) is 35.0 Å². The van der Waals surface area contributed by atoms with Crippen molar-refractivity contribution in [3.63, 3.8) is 0 Å². The number of nitrogens with two attached hydrogens (primary N) is 1. The van der Waals surface area contributed by atoms with Crippen LogP contribution in [-0.2, 0) is 4.79 Å². The molecule has 0 spiro atoms. The van der Waals surface area contributed by atoms with Gasteiger partial charge in [0.25, 0.3) is 0 Å². The molecule has 0 atom stereocenters. The van der Waals surface area contributed by atoms with Crippen LogP contribution >= 0.6 is 15.9 Å². The van der Waals surface area contributed by atoms with Gasteiger partial charge in [-0.05, 0) is 59.8 Å². The third kappa shape index (κ3) is 3.07. The second-order valence-corrected chi connectivity index (χ2v) is 5.78. The molecule has 0 bridgehead atoms. The number of rotatable bonds is 3. The monoisotopic (exact) mass is 296 g/mol. The molecule has 0 aromatic heterocycles. The molecule has 0 radical (unpaired) electrons. The Labute approximate surface area is 110 Å². The number of carbonyl (C=O) groups excluding carboxylic acids is 1. The summed E-state index contributed by atoms with van der Waals surface area (Å²) in [4.78, 5) is 11.9. The highest BCUT2D eigenvalue weighted by molar-refractivity contribution is 9.10. The van der Waals surface area contributed by atoms with E-state index in [2.05, 4.69) is 21.2 Å². The maximum absolute atomic E-state index is 11.9. The molecule has 0 aliphatic heterocycles. The predicted molar refractivity (Wildman–Crippen MR) is 72.9 cm³/mol. The lowest BCUT2D eigenvalue weighted by Crippen LogP contribution is -2.48. The van der Waals surface area contributed by atoms with Gasteiger partial charge in [-0.15, -0.1) is 0 Å². The molecule has 1 aliphatic carbocycles. The maximum atomic E-state index is 11.9. The fourth-order valence-corrected chi connectivity index (χ4v) is 2.40. The van der Waals surface area contributed by atoms with Crippen LogP contribution in [0.2, 0.25) is 0 Å². The summed E-state index contributed by atoms with van der Waals surface area (Å²) in [6.45, 7) is 2.00. The van der Waals surface area contributed by atoms with E-state index in [1.54, 1.807) is 0 Å². The number of benzene rings is 1. The molecular formula is C13H17BrN2O. The molecule has 1 amide bonds. The molecule has 1 saturated carbocycles. The number of hydrogen-bond acceptors (Lipinski definition) is 2. The first-order valence-corrected chi connectivity index (χ1v) is 6.63. The van der Waals surface area contributed by atoms with Crippen LogP contribution in [0, 0.1) is 6.92 Å². The van der Waals surface area contributed by atoms with Crippen molar-refractivity contribution in [2.45, 2.75) is 38.1 Å². The summed E-state index contributed by atoms with van der Waals surface area (Å²) >= 11 is 3.42. The van der Waals surface area contributed by atoms with Crippen LogP contribution in [0.5, 0.6) is 0 Å². The number of amides is 1. The number of hydrogen-bond donors (Lipinski definition) is 2. The van der Waals surface area contributed by atoms with Crippen LogP contribution in [-0.4, -0.2) is 11.4 Å². The molecular weight excluding hydrogens is 280 g/mol. The normalized spacial score (nSPS) is 17.4. The Balaban J connectivity index is 2.00. The third-order valence-electron chi connectivity index (χ3n) is 3.26. The van der Waals surface area contributed by atoms with Crippen LogP contribution in [0.4, 0.5) is 5.69 Å². The van der Waals surface area contributed by atoms with Crippen molar-refractivity contribution < 1.29 is 4.79 Å². The molecule has 0 saturated heterocycles. The van der Waals surface area contributed by atoms with Gasteiger partial charge in [0.15, 0.2) is 0 Å². The number of nitrogens with one attached hydrogen (secondary N) is 1. The van der Waals surface area contributed by atoms with Gasteiger partial charge in [-0.2, -0.15) is 0 Å². The van der Waals surface area contributed by atoms with Crippen molar-refractivity contribution in [1.29, 1.82) is 0 Å². The van der Waals surface area contributed by atoms with E-state index in [1.807, 2.05) is 25.1 Å². The Hall–Kier alpha value is -0.870. The highest BCUT2D eigenvalue weighted by Crippen LogP contribution is 2.32. The lowest BCUT2D eigenvalue weighted by molar-refractivity contribution is -0.118. The van der Waals surface area contributed by atoms with Gasteiger partial charge in [0, 0.05) is 16.4 Å². The van der Waals surface area contributed by atoms with E-state index in [1.165, 1.54) is 0 Å². The zero-order chi connectivity index (χ0) is 12.5. The third-order valence-corrected chi connectivity index (χ3v) is 3.95. The summed E-state index contributed by atoms with van der Waals surface area (Å²) in [6.07, 6.45) is 3.45. The molecule has 92 valence electrons. The minimum absolute atomic E-state index is 0.00139. The summed E-state index contributed by atoms with van der Waals surface area (Å²) in [5.74, 6) is -0.00139. The maximum Gasteiger partial charge on any atom is 0.226 e. The van der Waals surface area contributed by atoms with Crippen molar-refractivity contribution >= 4 is 27.5 Å². The van der Waals surface area contributed by atoms with Gasteiger partial charge in [0.2, 0.25) is 5.91 Å². The topological polar surface area (TPSA) is 55.1 Å². The lowest BCUT2D eigenvalue weighted by Gasteiger charge is -2.37. The molecule has 1 fully saturated rings. The second-order valence-electron chi connectivity index (χ2n) is 4.92. The lowest BCUT2D eigenvalue weighted by atomic mass is 9.75. The molecule has 1 aromatic carbocycles. The largest absolute Gasteiger partial charge is 0.325 e. The molecule has 3 N–H and O–H groups in total. The summed E-state index contributed by atoms with van der Waals surface area (Å²) < 4.78 is 0.899. The Morgan fingerprint density at radius 1 is 1.53 bits per heavy atom. The van der Waals surface area contributed by atoms with E-state index in [0.29, 0.717) is 6.42 Å². The fourth-order valence-electron chi connectivity index (χ4n) is 2.06. The Bertz CT molecular complexity index is 441. The van der Waals surface area contributed by atoms with Gasteiger partial charge in [-0.3, -0.25) is 4.79 Å². The van der Waals surface area contributed by atoms with Gasteiger partial charge in [-0.25, -0.2) is 0 Å². The fraction of sp³-hybridized carbons (Fsp3) is 0.462. The number of anilines is 1. The van der Waals surface area contributed by atoms with Crippen LogP contribution < -0.4 is 11.1 Å². The Kier molecular flexibility index (Phi) is 3.54. The van der Waals surface area contributed by atoms with Crippen molar-refractivity contribution in [3.05, 3.63) is 28.2 Å². The number of aryl methyl sites for hydroxylation is 1. The first-order chi connectivity index (χ1) is 7.98. The standard InChI is InChI=1S/C13H17BrN2O/c1-9-3-4-10(14)11(7-9)16-12(17)8-13(15)5-2-6-13/h3-4,7H,2,5-6,8,15H2,1H3,(H,16,17). The van der Waals surface area contributed by atoms with Crippen LogP contribution in [0.15, 0.2) is 22.7 Å². The summed E-state index contributed by atoms with van der Waals surface area (Å²) in [5, 5.41) is 2.91. The van der Waals surface area contributed by atoms with Crippen LogP contribution in [0.3, 0.4) is 0 Å². The molecule has 3 nitrogen and oxygen atoms in total. The minimum atomic E-state index is -0.264. The van der Waals surface area contributed by atoms with E-state index in [9.17, 15) is 4.79 Å². The summed E-state index contributed by atoms with van der Waals surface area (Å²) in [5.41, 5.74) is 7.73. The molecule has 4 heteroatoms. The highest BCUT2D eigenvalue weighted by atomic mass is 79.9. The second kappa shape index (κ2) is 4.78. The number of carbonyl (C=O) groups is 1. The zero-order valence-corrected chi connectivity index (χ0v) is 11.5. The van der Waals surface area contributed by atoms with Crippen molar-refractivity contribution in [3.8, 4) is 0 Å². The molecule has 1 aromatic rings. The smallest absolute Gasteiger partial charge is 0.226 e. The summed E-state index contributed by atoms with van der Waals surface area (Å²) in [7, 11) is 0. The Morgan fingerprint density at radius 2 is 2.24 bits per heavy atom. The van der Waals surface area contributed by atoms with Gasteiger partial charge >= 0.3 is 0 Å². The first kappa shape index (κ1) is 12.6. The van der Waals surface area contributed by atoms with E-state index < -0.39 is 0 Å². The van der Waals surface area contributed by atoms with Crippen LogP contribution in [0.25, 0.3) is 0 Å². The SMILES string of the molecule is Cc1ccc(Br)c(NC(=O)CC2(N)CCC2)c1. The van der Waals surface area contributed by atoms with E-state index in [4.69, 9.17) is 5.73 Å². The minimum Gasteiger partial charge on any atom is -0.325 e. The molecule has 2 rings (SSSR count). The molecule has 0 unspecified atom stereocenters. The van der Waals surface area contributed by atoms with Gasteiger partial charge < -0.3 is 11.1 Å². The first-order valence-electron chi connectivity index (χ1n) is 5.83. The summed E-state index contributed by atoms with van der Waals surface area (Å²) in [6, 6.07) is 5.88. The zero-order valence-electron chi connectivity index (χ0n) is 9.92. The molecule has 0 heterocycles. The molecule has 1 aliphatic rings. The average molecular weight is 297 g/mol. The predicted octanol–water partition coefficient (Wildman–Crippen LogP) is 2.97. The van der Waals surface area contributed by atoms with Gasteiger partial charge in [-0.1, -0.05) is 6.07 Å². The Morgan fingerprint density at radius 3 is 2.82 bits per heavy atom. The number of halogens is 1. The highest BCUT2D eigenvalue weighted by Gasteiger charge is 2.34. The van der Waals surface area contributed by atoms with Crippen LogP contribution in [0.1, 0.15) is 31.2 Å². The van der Waals surface area contributed by atoms with E-state index in [-0.39, 0.29) is 11.4 Å². The molecule has 17 heavy (non-hydrogen) atoms. The van der Waals surface area contributed by atoms with Crippen molar-refractivity contribution in [1.82, 2.24) is 0 Å². The quantitative estimate of drug-likeness (QED) is 0.901. The van der Waals surface area contributed by atoms with Crippen molar-refractivity contribution in [2.75, 3.05) is 5.32 Å². The average Bonchev–Trinajstić information content (AvgIpc) is 2.21. The van der Waals surface area contributed by atoms with E-state index >= 15 is 0 Å².